The van der Waals surface area contributed by atoms with Crippen LogP contribution >= 0.6 is 11.6 Å². The minimum Gasteiger partial charge on any atom is -0.497 e. The Kier molecular flexibility index (Phi) is 8.86. The molecule has 0 unspecified atom stereocenters. The Labute approximate surface area is 203 Å². The van der Waals surface area contributed by atoms with Crippen LogP contribution in [0.25, 0.3) is 0 Å². The first-order valence-electron chi connectivity index (χ1n) is 10.8. The molecule has 1 aromatic heterocycles. The van der Waals surface area contributed by atoms with Gasteiger partial charge in [0.1, 0.15) is 11.5 Å². The lowest BCUT2D eigenvalue weighted by atomic mass is 10.1. The Hall–Kier alpha value is -3.59. The summed E-state index contributed by atoms with van der Waals surface area (Å²) >= 11 is 6.24. The normalized spacial score (nSPS) is 10.6. The third-order valence-electron chi connectivity index (χ3n) is 5.08. The van der Waals surface area contributed by atoms with Crippen molar-refractivity contribution < 1.29 is 19.1 Å². The fraction of sp³-hybridized carbons (Fsp3) is 0.333. The molecule has 0 aliphatic carbocycles. The maximum absolute atomic E-state index is 11.9. The Morgan fingerprint density at radius 1 is 0.941 bits per heavy atom. The maximum Gasteiger partial charge on any atom is 0.348 e. The molecule has 0 saturated heterocycles. The highest BCUT2D eigenvalue weighted by Gasteiger charge is 2.29. The van der Waals surface area contributed by atoms with Gasteiger partial charge in [0.05, 0.1) is 25.7 Å². The molecule has 0 spiro atoms. The molecule has 0 atom stereocenters. The molecule has 2 aromatic carbocycles. The predicted molar refractivity (Wildman–Crippen MR) is 130 cm³/mol. The van der Waals surface area contributed by atoms with Gasteiger partial charge in [-0.3, -0.25) is 10.1 Å². The van der Waals surface area contributed by atoms with E-state index < -0.39 is 4.92 Å². The summed E-state index contributed by atoms with van der Waals surface area (Å²) in [6, 6.07) is 14.9. The molecule has 0 amide bonds. The third kappa shape index (κ3) is 6.48. The Bertz CT molecular complexity index is 1040. The van der Waals surface area contributed by atoms with Crippen LogP contribution in [0.3, 0.4) is 0 Å². The zero-order chi connectivity index (χ0) is 24.5. The van der Waals surface area contributed by atoms with Gasteiger partial charge in [-0.15, -0.1) is 0 Å². The average molecular weight is 487 g/mol. The SMILES string of the molecule is CCCCOc1nc(Cl)c([N+](=O)[O-])c(N(Cc2ccc(OC)cc2)Cc2ccc(OC)cc2)n1. The first kappa shape index (κ1) is 25.0. The number of nitrogens with zero attached hydrogens (tertiary/aromatic N) is 4. The van der Waals surface area contributed by atoms with E-state index >= 15 is 0 Å². The van der Waals surface area contributed by atoms with Crippen molar-refractivity contribution in [1.82, 2.24) is 9.97 Å². The Morgan fingerprint density at radius 3 is 1.91 bits per heavy atom. The quantitative estimate of drug-likeness (QED) is 0.144. The van der Waals surface area contributed by atoms with Crippen molar-refractivity contribution in [3.05, 3.63) is 74.9 Å². The smallest absolute Gasteiger partial charge is 0.348 e. The molecule has 3 aromatic rings. The van der Waals surface area contributed by atoms with E-state index in [9.17, 15) is 10.1 Å². The number of ether oxygens (including phenoxy) is 3. The van der Waals surface area contributed by atoms with E-state index in [1.54, 1.807) is 19.1 Å². The first-order chi connectivity index (χ1) is 16.4. The van der Waals surface area contributed by atoms with Crippen LogP contribution in [0.4, 0.5) is 11.5 Å². The minimum atomic E-state index is -0.567. The summed E-state index contributed by atoms with van der Waals surface area (Å²) in [5, 5.41) is 11.7. The van der Waals surface area contributed by atoms with Crippen molar-refractivity contribution in [2.75, 3.05) is 25.7 Å². The van der Waals surface area contributed by atoms with Gasteiger partial charge in [-0.25, -0.2) is 0 Å². The summed E-state index contributed by atoms with van der Waals surface area (Å²) in [5.41, 5.74) is 1.45. The van der Waals surface area contributed by atoms with Gasteiger partial charge in [0, 0.05) is 13.1 Å². The lowest BCUT2D eigenvalue weighted by molar-refractivity contribution is -0.384. The molecule has 0 bridgehead atoms. The summed E-state index contributed by atoms with van der Waals surface area (Å²) in [7, 11) is 3.19. The highest BCUT2D eigenvalue weighted by Crippen LogP contribution is 2.36. The first-order valence-corrected chi connectivity index (χ1v) is 11.2. The van der Waals surface area contributed by atoms with Crippen LogP contribution in [-0.2, 0) is 13.1 Å². The molecular weight excluding hydrogens is 460 g/mol. The van der Waals surface area contributed by atoms with Crippen molar-refractivity contribution in [3.63, 3.8) is 0 Å². The van der Waals surface area contributed by atoms with Crippen LogP contribution in [-0.4, -0.2) is 35.7 Å². The molecule has 0 aliphatic heterocycles. The number of aromatic nitrogens is 2. The number of anilines is 1. The largest absolute Gasteiger partial charge is 0.497 e. The second kappa shape index (κ2) is 12.0. The monoisotopic (exact) mass is 486 g/mol. The minimum absolute atomic E-state index is 0.00788. The Morgan fingerprint density at radius 2 is 1.47 bits per heavy atom. The summed E-state index contributed by atoms with van der Waals surface area (Å²) in [5.74, 6) is 1.52. The summed E-state index contributed by atoms with van der Waals surface area (Å²) in [6.07, 6.45) is 1.73. The van der Waals surface area contributed by atoms with E-state index in [4.69, 9.17) is 25.8 Å². The van der Waals surface area contributed by atoms with Gasteiger partial charge < -0.3 is 19.1 Å². The highest BCUT2D eigenvalue weighted by atomic mass is 35.5. The fourth-order valence-corrected chi connectivity index (χ4v) is 3.48. The molecule has 0 fully saturated rings. The number of nitro groups is 1. The molecule has 0 saturated carbocycles. The lowest BCUT2D eigenvalue weighted by Gasteiger charge is -2.24. The fourth-order valence-electron chi connectivity index (χ4n) is 3.26. The van der Waals surface area contributed by atoms with Crippen LogP contribution in [0.15, 0.2) is 48.5 Å². The molecule has 0 aliphatic rings. The standard InChI is InChI=1S/C24H27ClN4O5/c1-4-5-14-34-24-26-22(25)21(29(30)31)23(27-24)28(15-17-6-10-19(32-2)11-7-17)16-18-8-12-20(33-3)13-9-18/h6-13H,4-5,14-16H2,1-3H3. The third-order valence-corrected chi connectivity index (χ3v) is 5.34. The number of halogens is 1. The van der Waals surface area contributed by atoms with E-state index in [1.165, 1.54) is 0 Å². The predicted octanol–water partition coefficient (Wildman–Crippen LogP) is 5.44. The van der Waals surface area contributed by atoms with Crippen molar-refractivity contribution in [3.8, 4) is 17.5 Å². The molecular formula is C24H27ClN4O5. The van der Waals surface area contributed by atoms with E-state index in [-0.39, 0.29) is 22.7 Å². The van der Waals surface area contributed by atoms with Crippen LogP contribution in [0.5, 0.6) is 17.5 Å². The second-order valence-corrected chi connectivity index (χ2v) is 7.84. The molecule has 3 rings (SSSR count). The number of benzene rings is 2. The number of rotatable bonds is 12. The van der Waals surface area contributed by atoms with Crippen LogP contribution < -0.4 is 19.1 Å². The molecule has 180 valence electrons. The van der Waals surface area contributed by atoms with Crippen LogP contribution in [0.1, 0.15) is 30.9 Å². The zero-order valence-electron chi connectivity index (χ0n) is 19.4. The van der Waals surface area contributed by atoms with Crippen molar-refractivity contribution >= 4 is 23.1 Å². The van der Waals surface area contributed by atoms with Crippen molar-refractivity contribution in [1.29, 1.82) is 0 Å². The molecule has 34 heavy (non-hydrogen) atoms. The van der Waals surface area contributed by atoms with E-state index in [0.717, 1.165) is 24.0 Å². The average Bonchev–Trinajstić information content (AvgIpc) is 2.84. The van der Waals surface area contributed by atoms with Gasteiger partial charge in [-0.1, -0.05) is 49.2 Å². The summed E-state index contributed by atoms with van der Waals surface area (Å²) < 4.78 is 16.1. The molecule has 0 radical (unpaired) electrons. The lowest BCUT2D eigenvalue weighted by Crippen LogP contribution is -2.25. The summed E-state index contributed by atoms with van der Waals surface area (Å²) in [6.45, 7) is 3.09. The van der Waals surface area contributed by atoms with Crippen molar-refractivity contribution in [2.24, 2.45) is 0 Å². The summed E-state index contributed by atoms with van der Waals surface area (Å²) in [4.78, 5) is 21.5. The van der Waals surface area contributed by atoms with Gasteiger partial charge in [0.15, 0.2) is 0 Å². The molecule has 0 N–H and O–H groups in total. The van der Waals surface area contributed by atoms with Gasteiger partial charge in [0.2, 0.25) is 11.0 Å². The van der Waals surface area contributed by atoms with Gasteiger partial charge in [-0.05, 0) is 41.8 Å². The number of hydrogen-bond acceptors (Lipinski definition) is 8. The number of hydrogen-bond donors (Lipinski definition) is 0. The van der Waals surface area contributed by atoms with Gasteiger partial charge in [-0.2, -0.15) is 9.97 Å². The molecule has 1 heterocycles. The van der Waals surface area contributed by atoms with Crippen LogP contribution in [0.2, 0.25) is 5.15 Å². The number of methoxy groups -OCH3 is 2. The van der Waals surface area contributed by atoms with E-state index in [0.29, 0.717) is 31.2 Å². The Balaban J connectivity index is 2.03. The molecule has 10 heteroatoms. The van der Waals surface area contributed by atoms with Crippen molar-refractivity contribution in [2.45, 2.75) is 32.9 Å². The highest BCUT2D eigenvalue weighted by molar-refractivity contribution is 6.32. The van der Waals surface area contributed by atoms with E-state index in [1.807, 2.05) is 55.5 Å². The van der Waals surface area contributed by atoms with Gasteiger partial charge >= 0.3 is 11.7 Å². The van der Waals surface area contributed by atoms with E-state index in [2.05, 4.69) is 9.97 Å². The van der Waals surface area contributed by atoms with Gasteiger partial charge in [0.25, 0.3) is 0 Å². The number of unbranched alkanes of at least 4 members (excludes halogenated alkanes) is 1. The topological polar surface area (TPSA) is 99.9 Å². The second-order valence-electron chi connectivity index (χ2n) is 7.48. The maximum atomic E-state index is 11.9. The zero-order valence-corrected chi connectivity index (χ0v) is 20.1. The molecule has 9 nitrogen and oxygen atoms in total. The van der Waals surface area contributed by atoms with Crippen LogP contribution in [0, 0.1) is 10.1 Å².